The molecule has 1 aliphatic carbocycles. The van der Waals surface area contributed by atoms with Crippen molar-refractivity contribution in [2.75, 3.05) is 0 Å². The largest absolute Gasteiger partial charge is 0.481 e. The van der Waals surface area contributed by atoms with Crippen LogP contribution in [0, 0.1) is 5.92 Å². The lowest BCUT2D eigenvalue weighted by Crippen LogP contribution is -2.10. The second kappa shape index (κ2) is 7.42. The molecule has 3 nitrogen and oxygen atoms in total. The summed E-state index contributed by atoms with van der Waals surface area (Å²) in [6, 6.07) is 18.6. The van der Waals surface area contributed by atoms with E-state index in [1.54, 1.807) is 0 Å². The van der Waals surface area contributed by atoms with Gasteiger partial charge in [-0.15, -0.1) is 0 Å². The Hall–Kier alpha value is -2.13. The summed E-state index contributed by atoms with van der Waals surface area (Å²) in [6.07, 6.45) is 3.23. The van der Waals surface area contributed by atoms with Gasteiger partial charge in [0.05, 0.1) is 12.7 Å². The normalized spacial score (nSPS) is 20.5. The summed E-state index contributed by atoms with van der Waals surface area (Å²) < 4.78 is 6.07. The molecule has 1 fully saturated rings. The SMILES string of the molecule is O=C(O)C[C@H]1CCC(OCc2ccccc2-c2ccccc2)C1. The van der Waals surface area contributed by atoms with Crippen LogP contribution in [0.1, 0.15) is 31.2 Å². The van der Waals surface area contributed by atoms with Gasteiger partial charge in [0, 0.05) is 6.42 Å². The molecule has 0 aliphatic heterocycles. The van der Waals surface area contributed by atoms with Crippen molar-refractivity contribution in [3.05, 3.63) is 60.2 Å². The van der Waals surface area contributed by atoms with Gasteiger partial charge in [0.25, 0.3) is 0 Å². The zero-order chi connectivity index (χ0) is 16.1. The van der Waals surface area contributed by atoms with Crippen molar-refractivity contribution in [3.8, 4) is 11.1 Å². The third-order valence-electron chi connectivity index (χ3n) is 4.53. The summed E-state index contributed by atoms with van der Waals surface area (Å²) >= 11 is 0. The Bertz CT molecular complexity index is 651. The van der Waals surface area contributed by atoms with E-state index in [0.717, 1.165) is 19.3 Å². The fourth-order valence-electron chi connectivity index (χ4n) is 3.37. The number of rotatable bonds is 6. The average molecular weight is 310 g/mol. The molecule has 1 unspecified atom stereocenters. The molecule has 2 atom stereocenters. The maximum absolute atomic E-state index is 10.8. The highest BCUT2D eigenvalue weighted by Crippen LogP contribution is 2.32. The second-order valence-electron chi connectivity index (χ2n) is 6.23. The smallest absolute Gasteiger partial charge is 0.303 e. The third kappa shape index (κ3) is 4.20. The van der Waals surface area contributed by atoms with Crippen LogP contribution in [0.3, 0.4) is 0 Å². The maximum atomic E-state index is 10.8. The van der Waals surface area contributed by atoms with Crippen LogP contribution in [0.15, 0.2) is 54.6 Å². The van der Waals surface area contributed by atoms with Gasteiger partial charge in [-0.2, -0.15) is 0 Å². The summed E-state index contributed by atoms with van der Waals surface area (Å²) in [4.78, 5) is 10.8. The fourth-order valence-corrected chi connectivity index (χ4v) is 3.37. The molecule has 1 N–H and O–H groups in total. The molecule has 23 heavy (non-hydrogen) atoms. The standard InChI is InChI=1S/C20H22O3/c21-20(22)13-15-10-11-18(12-15)23-14-17-8-4-5-9-19(17)16-6-2-1-3-7-16/h1-9,15,18H,10-14H2,(H,21,22)/t15-,18?/m0/s1. The molecule has 0 aromatic heterocycles. The molecule has 0 radical (unpaired) electrons. The highest BCUT2D eigenvalue weighted by atomic mass is 16.5. The van der Waals surface area contributed by atoms with E-state index in [-0.39, 0.29) is 18.4 Å². The summed E-state index contributed by atoms with van der Waals surface area (Å²) in [5.41, 5.74) is 3.58. The van der Waals surface area contributed by atoms with E-state index in [4.69, 9.17) is 9.84 Å². The Morgan fingerprint density at radius 2 is 1.78 bits per heavy atom. The number of carboxylic acid groups (broad SMARTS) is 1. The van der Waals surface area contributed by atoms with Crippen molar-refractivity contribution in [1.29, 1.82) is 0 Å². The average Bonchev–Trinajstić information content (AvgIpc) is 3.01. The van der Waals surface area contributed by atoms with Crippen molar-refractivity contribution in [3.63, 3.8) is 0 Å². The number of benzene rings is 2. The van der Waals surface area contributed by atoms with E-state index < -0.39 is 5.97 Å². The van der Waals surface area contributed by atoms with Crippen molar-refractivity contribution >= 4 is 5.97 Å². The van der Waals surface area contributed by atoms with Crippen LogP contribution >= 0.6 is 0 Å². The van der Waals surface area contributed by atoms with Crippen LogP contribution in [0.25, 0.3) is 11.1 Å². The number of carboxylic acids is 1. The summed E-state index contributed by atoms with van der Waals surface area (Å²) in [5, 5.41) is 8.89. The molecular formula is C20H22O3. The van der Waals surface area contributed by atoms with E-state index in [1.165, 1.54) is 16.7 Å². The minimum Gasteiger partial charge on any atom is -0.481 e. The van der Waals surface area contributed by atoms with Crippen LogP contribution in [-0.4, -0.2) is 17.2 Å². The number of aliphatic carboxylic acids is 1. The van der Waals surface area contributed by atoms with Gasteiger partial charge in [-0.3, -0.25) is 4.79 Å². The molecular weight excluding hydrogens is 288 g/mol. The molecule has 2 aromatic carbocycles. The van der Waals surface area contributed by atoms with Crippen LogP contribution in [-0.2, 0) is 16.1 Å². The molecule has 0 saturated heterocycles. The molecule has 120 valence electrons. The van der Waals surface area contributed by atoms with Crippen molar-refractivity contribution in [1.82, 2.24) is 0 Å². The lowest BCUT2D eigenvalue weighted by molar-refractivity contribution is -0.138. The molecule has 3 heteroatoms. The Kier molecular flexibility index (Phi) is 5.09. The van der Waals surface area contributed by atoms with Gasteiger partial charge >= 0.3 is 5.97 Å². The minimum atomic E-state index is -0.704. The van der Waals surface area contributed by atoms with Crippen LogP contribution in [0.5, 0.6) is 0 Å². The lowest BCUT2D eigenvalue weighted by atomic mass is 10.0. The number of ether oxygens (including phenoxy) is 1. The predicted octanol–water partition coefficient (Wildman–Crippen LogP) is 4.51. The Morgan fingerprint density at radius 3 is 2.57 bits per heavy atom. The van der Waals surface area contributed by atoms with Crippen molar-refractivity contribution in [2.45, 2.75) is 38.4 Å². The first-order valence-corrected chi connectivity index (χ1v) is 8.19. The van der Waals surface area contributed by atoms with Gasteiger partial charge in [0.1, 0.15) is 0 Å². The fraction of sp³-hybridized carbons (Fsp3) is 0.350. The van der Waals surface area contributed by atoms with Gasteiger partial charge < -0.3 is 9.84 Å². The minimum absolute atomic E-state index is 0.183. The predicted molar refractivity (Wildman–Crippen MR) is 90.0 cm³/mol. The summed E-state index contributed by atoms with van der Waals surface area (Å²) in [7, 11) is 0. The zero-order valence-corrected chi connectivity index (χ0v) is 13.2. The molecule has 0 heterocycles. The van der Waals surface area contributed by atoms with Gasteiger partial charge in [-0.05, 0) is 41.9 Å². The quantitative estimate of drug-likeness (QED) is 0.853. The topological polar surface area (TPSA) is 46.5 Å². The second-order valence-corrected chi connectivity index (χ2v) is 6.23. The molecule has 1 saturated carbocycles. The molecule has 1 aliphatic rings. The van der Waals surface area contributed by atoms with Gasteiger partial charge in [0.2, 0.25) is 0 Å². The van der Waals surface area contributed by atoms with E-state index in [1.807, 2.05) is 30.3 Å². The van der Waals surface area contributed by atoms with Crippen molar-refractivity contribution < 1.29 is 14.6 Å². The monoisotopic (exact) mass is 310 g/mol. The molecule has 0 spiro atoms. The molecule has 2 aromatic rings. The van der Waals surface area contributed by atoms with Gasteiger partial charge in [0.15, 0.2) is 0 Å². The lowest BCUT2D eigenvalue weighted by Gasteiger charge is -2.15. The van der Waals surface area contributed by atoms with E-state index in [2.05, 4.69) is 24.3 Å². The molecule has 0 bridgehead atoms. The number of hydrogen-bond donors (Lipinski definition) is 1. The van der Waals surface area contributed by atoms with E-state index >= 15 is 0 Å². The molecule has 0 amide bonds. The number of carbonyl (C=O) groups is 1. The Labute approximate surface area is 136 Å². The Balaban J connectivity index is 1.62. The van der Waals surface area contributed by atoms with Crippen molar-refractivity contribution in [2.24, 2.45) is 5.92 Å². The van der Waals surface area contributed by atoms with Crippen LogP contribution in [0.2, 0.25) is 0 Å². The third-order valence-corrected chi connectivity index (χ3v) is 4.53. The summed E-state index contributed by atoms with van der Waals surface area (Å²) in [5.74, 6) is -0.438. The van der Waals surface area contributed by atoms with Gasteiger partial charge in [-0.25, -0.2) is 0 Å². The summed E-state index contributed by atoms with van der Waals surface area (Å²) in [6.45, 7) is 0.579. The highest BCUT2D eigenvalue weighted by Gasteiger charge is 2.27. The maximum Gasteiger partial charge on any atom is 0.303 e. The van der Waals surface area contributed by atoms with Gasteiger partial charge in [-0.1, -0.05) is 54.6 Å². The van der Waals surface area contributed by atoms with Crippen LogP contribution < -0.4 is 0 Å². The Morgan fingerprint density at radius 1 is 1.04 bits per heavy atom. The first-order chi connectivity index (χ1) is 11.2. The highest BCUT2D eigenvalue weighted by molar-refractivity contribution is 5.67. The van der Waals surface area contributed by atoms with E-state index in [9.17, 15) is 4.79 Å². The number of hydrogen-bond acceptors (Lipinski definition) is 2. The first kappa shape index (κ1) is 15.8. The first-order valence-electron chi connectivity index (χ1n) is 8.19. The zero-order valence-electron chi connectivity index (χ0n) is 13.2. The van der Waals surface area contributed by atoms with E-state index in [0.29, 0.717) is 6.61 Å². The van der Waals surface area contributed by atoms with Crippen LogP contribution in [0.4, 0.5) is 0 Å². The molecule has 3 rings (SSSR count).